The number of hydrogen-bond donors (Lipinski definition) is 3. The number of rotatable bonds is 5. The number of nitrogens with zero attached hydrogens (tertiary/aromatic N) is 1. The van der Waals surface area contributed by atoms with Gasteiger partial charge in [0.25, 0.3) is 0 Å². The van der Waals surface area contributed by atoms with Gasteiger partial charge in [0.05, 0.1) is 6.04 Å². The third-order valence-corrected chi connectivity index (χ3v) is 6.07. The van der Waals surface area contributed by atoms with Gasteiger partial charge >= 0.3 is 0 Å². The maximum Gasteiger partial charge on any atom is 0.224 e. The van der Waals surface area contributed by atoms with Gasteiger partial charge in [0.15, 0.2) is 0 Å². The summed E-state index contributed by atoms with van der Waals surface area (Å²) in [7, 11) is 0. The second-order valence-electron chi connectivity index (χ2n) is 8.61. The number of nitrogens with two attached hydrogens (primary N) is 1. The number of amides is 2. The summed E-state index contributed by atoms with van der Waals surface area (Å²) in [5.41, 5.74) is 12.6. The molecule has 0 aliphatic carbocycles. The minimum atomic E-state index is -0.103. The molecule has 4 rings (SSSR count). The predicted molar refractivity (Wildman–Crippen MR) is 134 cm³/mol. The molecule has 6 heteroatoms. The molecule has 6 nitrogen and oxygen atoms in total. The summed E-state index contributed by atoms with van der Waals surface area (Å²) < 4.78 is 0. The molecule has 3 aromatic carbocycles. The van der Waals surface area contributed by atoms with Gasteiger partial charge in [0.1, 0.15) is 0 Å². The fourth-order valence-corrected chi connectivity index (χ4v) is 4.58. The second-order valence-corrected chi connectivity index (χ2v) is 8.61. The molecule has 0 saturated heterocycles. The highest BCUT2D eigenvalue weighted by atomic mass is 16.2. The fraction of sp³-hybridized carbons (Fsp3) is 0.259. The molecule has 2 amide bonds. The van der Waals surface area contributed by atoms with Gasteiger partial charge in [-0.3, -0.25) is 9.59 Å². The number of fused-ring (bicyclic) bond motifs is 1. The van der Waals surface area contributed by atoms with E-state index in [0.717, 1.165) is 45.7 Å². The number of carbonyl (C=O) groups excluding carboxylic acids is 2. The molecule has 0 radical (unpaired) electrons. The zero-order chi connectivity index (χ0) is 23.5. The lowest BCUT2D eigenvalue weighted by Crippen LogP contribution is -2.43. The van der Waals surface area contributed by atoms with Crippen LogP contribution in [0.3, 0.4) is 0 Å². The third-order valence-electron chi connectivity index (χ3n) is 6.07. The smallest absolute Gasteiger partial charge is 0.224 e. The Hall–Kier alpha value is -3.64. The Labute approximate surface area is 194 Å². The van der Waals surface area contributed by atoms with Crippen LogP contribution in [-0.4, -0.2) is 17.9 Å². The largest absolute Gasteiger partial charge is 0.378 e. The number of nitrogens with one attached hydrogen (secondary N) is 2. The fourth-order valence-electron chi connectivity index (χ4n) is 4.58. The maximum atomic E-state index is 12.5. The molecular weight excluding hydrogens is 412 g/mol. The second kappa shape index (κ2) is 9.46. The van der Waals surface area contributed by atoms with Gasteiger partial charge < -0.3 is 21.3 Å². The maximum absolute atomic E-state index is 12.5. The van der Waals surface area contributed by atoms with Crippen LogP contribution < -0.4 is 21.3 Å². The van der Waals surface area contributed by atoms with Crippen LogP contribution in [-0.2, 0) is 16.1 Å². The molecule has 0 spiro atoms. The zero-order valence-corrected chi connectivity index (χ0v) is 19.3. The van der Waals surface area contributed by atoms with Crippen molar-refractivity contribution in [3.8, 4) is 11.1 Å². The van der Waals surface area contributed by atoms with Crippen molar-refractivity contribution < 1.29 is 9.59 Å². The lowest BCUT2D eigenvalue weighted by Gasteiger charge is -2.39. The first-order chi connectivity index (χ1) is 15.9. The molecule has 170 valence electrons. The first-order valence-electron chi connectivity index (χ1n) is 11.2. The Morgan fingerprint density at radius 3 is 2.36 bits per heavy atom. The van der Waals surface area contributed by atoms with Crippen molar-refractivity contribution in [1.82, 2.24) is 0 Å². The number of carbonyl (C=O) groups is 2. The predicted octanol–water partition coefficient (Wildman–Crippen LogP) is 5.07. The van der Waals surface area contributed by atoms with E-state index in [1.807, 2.05) is 65.6 Å². The molecule has 0 aromatic heterocycles. The zero-order valence-electron chi connectivity index (χ0n) is 19.3. The molecule has 1 heterocycles. The SMILES string of the molecule is CC(=O)Nc1cccc(-c2ccc3c(c2)[C@H](Nc2ccc(CN)cc2)C[C@H](C)N3C(C)=O)c1. The van der Waals surface area contributed by atoms with E-state index in [4.69, 9.17) is 5.73 Å². The van der Waals surface area contributed by atoms with Crippen LogP contribution in [0.15, 0.2) is 66.7 Å². The quantitative estimate of drug-likeness (QED) is 0.515. The molecule has 1 aliphatic rings. The molecule has 33 heavy (non-hydrogen) atoms. The van der Waals surface area contributed by atoms with Gasteiger partial charge in [0.2, 0.25) is 11.8 Å². The van der Waals surface area contributed by atoms with E-state index >= 15 is 0 Å². The van der Waals surface area contributed by atoms with Crippen LogP contribution in [0.5, 0.6) is 0 Å². The van der Waals surface area contributed by atoms with Crippen LogP contribution in [0.2, 0.25) is 0 Å². The van der Waals surface area contributed by atoms with E-state index in [-0.39, 0.29) is 23.9 Å². The van der Waals surface area contributed by atoms with Crippen LogP contribution in [0, 0.1) is 0 Å². The van der Waals surface area contributed by atoms with E-state index in [1.54, 1.807) is 6.92 Å². The van der Waals surface area contributed by atoms with Crippen molar-refractivity contribution in [2.45, 2.75) is 45.8 Å². The van der Waals surface area contributed by atoms with Crippen molar-refractivity contribution in [1.29, 1.82) is 0 Å². The third kappa shape index (κ3) is 4.91. The van der Waals surface area contributed by atoms with Crippen molar-refractivity contribution >= 4 is 28.9 Å². The van der Waals surface area contributed by atoms with Crippen molar-refractivity contribution in [2.75, 3.05) is 15.5 Å². The van der Waals surface area contributed by atoms with Gasteiger partial charge in [-0.2, -0.15) is 0 Å². The summed E-state index contributed by atoms with van der Waals surface area (Å²) >= 11 is 0. The lowest BCUT2D eigenvalue weighted by molar-refractivity contribution is -0.117. The van der Waals surface area contributed by atoms with E-state index in [1.165, 1.54) is 6.92 Å². The molecule has 0 fully saturated rings. The van der Waals surface area contributed by atoms with Crippen LogP contribution in [0.25, 0.3) is 11.1 Å². The van der Waals surface area contributed by atoms with Gasteiger partial charge in [-0.1, -0.05) is 30.3 Å². The molecule has 2 atom stereocenters. The van der Waals surface area contributed by atoms with Crippen molar-refractivity contribution in [2.24, 2.45) is 5.73 Å². The Balaban J connectivity index is 1.73. The summed E-state index contributed by atoms with van der Waals surface area (Å²) in [5.74, 6) is -0.0662. The Morgan fingerprint density at radius 2 is 1.70 bits per heavy atom. The van der Waals surface area contributed by atoms with Gasteiger partial charge in [-0.05, 0) is 72.0 Å². The average molecular weight is 443 g/mol. The Kier molecular flexibility index (Phi) is 6.47. The number of benzene rings is 3. The monoisotopic (exact) mass is 442 g/mol. The summed E-state index contributed by atoms with van der Waals surface area (Å²) in [6, 6.07) is 22.3. The van der Waals surface area contributed by atoms with E-state index in [0.29, 0.717) is 6.54 Å². The molecule has 1 aliphatic heterocycles. The van der Waals surface area contributed by atoms with Crippen molar-refractivity contribution in [3.05, 3.63) is 77.9 Å². The van der Waals surface area contributed by atoms with Crippen LogP contribution in [0.4, 0.5) is 17.1 Å². The highest BCUT2D eigenvalue weighted by Gasteiger charge is 2.32. The summed E-state index contributed by atoms with van der Waals surface area (Å²) in [6.45, 7) is 5.71. The van der Waals surface area contributed by atoms with E-state index in [2.05, 4.69) is 23.6 Å². The molecular formula is C27H30N4O2. The van der Waals surface area contributed by atoms with Gasteiger partial charge in [-0.25, -0.2) is 0 Å². The minimum absolute atomic E-state index is 0.0369. The lowest BCUT2D eigenvalue weighted by atomic mass is 9.88. The van der Waals surface area contributed by atoms with Crippen molar-refractivity contribution in [3.63, 3.8) is 0 Å². The average Bonchev–Trinajstić information content (AvgIpc) is 2.79. The summed E-state index contributed by atoms with van der Waals surface area (Å²) in [5, 5.41) is 6.50. The topological polar surface area (TPSA) is 87.5 Å². The Morgan fingerprint density at radius 1 is 0.970 bits per heavy atom. The minimum Gasteiger partial charge on any atom is -0.378 e. The summed E-state index contributed by atoms with van der Waals surface area (Å²) in [6.07, 6.45) is 0.792. The highest BCUT2D eigenvalue weighted by Crippen LogP contribution is 2.41. The standard InChI is InChI=1S/C27H30N4O2/c1-17-13-26(30-23-10-7-20(16-28)8-11-23)25-15-22(9-12-27(25)31(17)19(3)33)21-5-4-6-24(14-21)29-18(2)32/h4-12,14-15,17,26,30H,13,16,28H2,1-3H3,(H,29,32)/t17-,26+/m0/s1. The van der Waals surface area contributed by atoms with Crippen LogP contribution in [0.1, 0.15) is 44.4 Å². The Bertz CT molecular complexity index is 1170. The van der Waals surface area contributed by atoms with Crippen LogP contribution >= 0.6 is 0 Å². The van der Waals surface area contributed by atoms with Gasteiger partial charge in [0, 0.05) is 43.5 Å². The normalized spacial score (nSPS) is 17.3. The molecule has 0 unspecified atom stereocenters. The van der Waals surface area contributed by atoms with E-state index < -0.39 is 0 Å². The molecule has 3 aromatic rings. The first-order valence-corrected chi connectivity index (χ1v) is 11.2. The van der Waals surface area contributed by atoms with E-state index in [9.17, 15) is 9.59 Å². The molecule has 4 N–H and O–H groups in total. The molecule has 0 saturated carbocycles. The first kappa shape index (κ1) is 22.6. The summed E-state index contributed by atoms with van der Waals surface area (Å²) in [4.78, 5) is 25.8. The van der Waals surface area contributed by atoms with Gasteiger partial charge in [-0.15, -0.1) is 0 Å². The highest BCUT2D eigenvalue weighted by molar-refractivity contribution is 5.94. The number of hydrogen-bond acceptors (Lipinski definition) is 4. The molecule has 0 bridgehead atoms. The number of anilines is 3.